The molecule has 2 N–H and O–H groups in total. The number of aryl methyl sites for hydroxylation is 1. The highest BCUT2D eigenvalue weighted by Crippen LogP contribution is 2.18. The monoisotopic (exact) mass is 385 g/mol. The number of thiophene rings is 1. The molecule has 0 aliphatic carbocycles. The molecule has 0 radical (unpaired) electrons. The second-order valence-electron chi connectivity index (χ2n) is 7.00. The Labute approximate surface area is 166 Å². The van der Waals surface area contributed by atoms with Crippen molar-refractivity contribution in [3.63, 3.8) is 0 Å². The maximum absolute atomic E-state index is 4.72. The molecule has 1 aliphatic heterocycles. The third-order valence-electron chi connectivity index (χ3n) is 4.89. The highest BCUT2D eigenvalue weighted by Gasteiger charge is 2.10. The van der Waals surface area contributed by atoms with E-state index in [0.29, 0.717) is 6.54 Å². The van der Waals surface area contributed by atoms with Gasteiger partial charge >= 0.3 is 0 Å². The van der Waals surface area contributed by atoms with Crippen LogP contribution in [0.15, 0.2) is 34.8 Å². The number of hydrogen-bond acceptors (Lipinski definition) is 4. The van der Waals surface area contributed by atoms with Gasteiger partial charge in [-0.3, -0.25) is 0 Å². The van der Waals surface area contributed by atoms with Crippen LogP contribution >= 0.6 is 11.3 Å². The summed E-state index contributed by atoms with van der Waals surface area (Å²) in [6.45, 7) is 8.78. The van der Waals surface area contributed by atoms with E-state index in [1.807, 2.05) is 6.20 Å². The Hall–Kier alpha value is -2.08. The molecule has 3 rings (SSSR count). The van der Waals surface area contributed by atoms with Crippen molar-refractivity contribution in [2.24, 2.45) is 4.99 Å². The first kappa shape index (κ1) is 19.7. The Morgan fingerprint density at radius 3 is 2.59 bits per heavy atom. The molecule has 0 saturated carbocycles. The molecule has 146 valence electrons. The number of pyridine rings is 1. The van der Waals surface area contributed by atoms with E-state index in [2.05, 4.69) is 57.9 Å². The fourth-order valence-corrected chi connectivity index (χ4v) is 4.10. The van der Waals surface area contributed by atoms with E-state index in [9.17, 15) is 0 Å². The van der Waals surface area contributed by atoms with Crippen molar-refractivity contribution in [1.29, 1.82) is 0 Å². The standard InChI is InChI=1S/C21H31N5S/c1-3-22-21(25-16-19-17(2)10-13-27-19)24-15-18-8-9-20(23-14-18)26-11-6-4-5-7-12-26/h8-10,13-14H,3-7,11-12,15-16H2,1-2H3,(H2,22,24,25). The number of nitrogens with zero attached hydrogens (tertiary/aromatic N) is 3. The van der Waals surface area contributed by atoms with Gasteiger partial charge in [0, 0.05) is 30.7 Å². The zero-order valence-corrected chi connectivity index (χ0v) is 17.3. The predicted octanol–water partition coefficient (Wildman–Crippen LogP) is 4.09. The van der Waals surface area contributed by atoms with Gasteiger partial charge in [0.05, 0.1) is 13.1 Å². The minimum Gasteiger partial charge on any atom is -0.357 e. The van der Waals surface area contributed by atoms with Crippen molar-refractivity contribution in [1.82, 2.24) is 15.6 Å². The van der Waals surface area contributed by atoms with Gasteiger partial charge in [-0.1, -0.05) is 18.9 Å². The van der Waals surface area contributed by atoms with Gasteiger partial charge in [-0.15, -0.1) is 11.3 Å². The Morgan fingerprint density at radius 2 is 1.96 bits per heavy atom. The minimum absolute atomic E-state index is 0.631. The van der Waals surface area contributed by atoms with E-state index in [1.165, 1.54) is 36.1 Å². The lowest BCUT2D eigenvalue weighted by molar-refractivity contribution is 0.726. The highest BCUT2D eigenvalue weighted by molar-refractivity contribution is 7.10. The summed E-state index contributed by atoms with van der Waals surface area (Å²) in [4.78, 5) is 13.2. The quantitative estimate of drug-likeness (QED) is 0.581. The number of anilines is 1. The molecule has 5 nitrogen and oxygen atoms in total. The lowest BCUT2D eigenvalue weighted by atomic mass is 10.2. The molecular formula is C21H31N5S. The van der Waals surface area contributed by atoms with Crippen molar-refractivity contribution in [3.8, 4) is 0 Å². The normalized spacial score (nSPS) is 15.5. The molecule has 1 fully saturated rings. The number of aromatic nitrogens is 1. The lowest BCUT2D eigenvalue weighted by Crippen LogP contribution is -2.36. The SMILES string of the molecule is CCNC(=NCc1ccc(N2CCCCCC2)nc1)NCc1sccc1C. The van der Waals surface area contributed by atoms with Crippen LogP contribution < -0.4 is 15.5 Å². The summed E-state index contributed by atoms with van der Waals surface area (Å²) < 4.78 is 0. The molecule has 2 aromatic rings. The number of hydrogen-bond donors (Lipinski definition) is 2. The first-order chi connectivity index (χ1) is 13.3. The number of rotatable bonds is 6. The molecule has 0 aromatic carbocycles. The van der Waals surface area contributed by atoms with Gasteiger partial charge in [-0.2, -0.15) is 0 Å². The van der Waals surface area contributed by atoms with Crippen molar-refractivity contribution in [2.45, 2.75) is 52.6 Å². The van der Waals surface area contributed by atoms with Gasteiger partial charge in [0.2, 0.25) is 0 Å². The number of guanidine groups is 1. The molecule has 0 atom stereocenters. The fraction of sp³-hybridized carbons (Fsp3) is 0.524. The van der Waals surface area contributed by atoms with E-state index >= 15 is 0 Å². The van der Waals surface area contributed by atoms with Crippen LogP contribution in [-0.4, -0.2) is 30.6 Å². The summed E-state index contributed by atoms with van der Waals surface area (Å²) in [5.41, 5.74) is 2.47. The van der Waals surface area contributed by atoms with E-state index in [-0.39, 0.29) is 0 Å². The van der Waals surface area contributed by atoms with Gasteiger partial charge < -0.3 is 15.5 Å². The van der Waals surface area contributed by atoms with Crippen LogP contribution in [0.2, 0.25) is 0 Å². The van der Waals surface area contributed by atoms with E-state index < -0.39 is 0 Å². The van der Waals surface area contributed by atoms with E-state index in [0.717, 1.165) is 43.5 Å². The molecule has 0 amide bonds. The summed E-state index contributed by atoms with van der Waals surface area (Å²) in [7, 11) is 0. The van der Waals surface area contributed by atoms with E-state index in [4.69, 9.17) is 4.99 Å². The number of aliphatic imine (C=N–C) groups is 1. The minimum atomic E-state index is 0.631. The summed E-state index contributed by atoms with van der Waals surface area (Å²) in [5.74, 6) is 1.95. The topological polar surface area (TPSA) is 52.6 Å². The Balaban J connectivity index is 1.57. The number of nitrogens with one attached hydrogen (secondary N) is 2. The molecule has 0 spiro atoms. The molecular weight excluding hydrogens is 354 g/mol. The average molecular weight is 386 g/mol. The molecule has 6 heteroatoms. The molecule has 1 aliphatic rings. The summed E-state index contributed by atoms with van der Waals surface area (Å²) >= 11 is 1.78. The third kappa shape index (κ3) is 5.96. The van der Waals surface area contributed by atoms with Crippen molar-refractivity contribution in [3.05, 3.63) is 45.8 Å². The van der Waals surface area contributed by atoms with Gasteiger partial charge in [0.1, 0.15) is 5.82 Å². The fourth-order valence-electron chi connectivity index (χ4n) is 3.26. The smallest absolute Gasteiger partial charge is 0.191 e. The van der Waals surface area contributed by atoms with Crippen molar-refractivity contribution >= 4 is 23.1 Å². The predicted molar refractivity (Wildman–Crippen MR) is 116 cm³/mol. The maximum atomic E-state index is 4.72. The lowest BCUT2D eigenvalue weighted by Gasteiger charge is -2.21. The summed E-state index contributed by atoms with van der Waals surface area (Å²) in [6.07, 6.45) is 7.20. The second-order valence-corrected chi connectivity index (χ2v) is 8.00. The van der Waals surface area contributed by atoms with Crippen LogP contribution in [0.25, 0.3) is 0 Å². The van der Waals surface area contributed by atoms with Gasteiger partial charge in [-0.25, -0.2) is 9.98 Å². The van der Waals surface area contributed by atoms with Gasteiger partial charge in [0.25, 0.3) is 0 Å². The molecule has 1 saturated heterocycles. The average Bonchev–Trinajstić information content (AvgIpc) is 2.93. The van der Waals surface area contributed by atoms with Gasteiger partial charge in [0.15, 0.2) is 5.96 Å². The Bertz CT molecular complexity index is 714. The van der Waals surface area contributed by atoms with Crippen molar-refractivity contribution < 1.29 is 0 Å². The molecule has 0 bridgehead atoms. The Kier molecular flexibility index (Phi) is 7.51. The zero-order valence-electron chi connectivity index (χ0n) is 16.5. The van der Waals surface area contributed by atoms with Crippen LogP contribution in [0, 0.1) is 6.92 Å². The Morgan fingerprint density at radius 1 is 1.15 bits per heavy atom. The molecule has 0 unspecified atom stereocenters. The molecule has 2 aromatic heterocycles. The van der Waals surface area contributed by atoms with Crippen LogP contribution in [-0.2, 0) is 13.1 Å². The summed E-state index contributed by atoms with van der Waals surface area (Å²) in [6, 6.07) is 6.46. The van der Waals surface area contributed by atoms with Crippen LogP contribution in [0.1, 0.15) is 48.6 Å². The third-order valence-corrected chi connectivity index (χ3v) is 5.91. The molecule has 3 heterocycles. The second kappa shape index (κ2) is 10.3. The van der Waals surface area contributed by atoms with E-state index in [1.54, 1.807) is 11.3 Å². The van der Waals surface area contributed by atoms with Crippen molar-refractivity contribution in [2.75, 3.05) is 24.5 Å². The highest BCUT2D eigenvalue weighted by atomic mass is 32.1. The van der Waals surface area contributed by atoms with Crippen LogP contribution in [0.3, 0.4) is 0 Å². The van der Waals surface area contributed by atoms with Gasteiger partial charge in [-0.05, 0) is 55.3 Å². The zero-order chi connectivity index (χ0) is 18.9. The largest absolute Gasteiger partial charge is 0.357 e. The maximum Gasteiger partial charge on any atom is 0.191 e. The first-order valence-corrected chi connectivity index (χ1v) is 10.9. The molecule has 27 heavy (non-hydrogen) atoms. The first-order valence-electron chi connectivity index (χ1n) is 10.0. The summed E-state index contributed by atoms with van der Waals surface area (Å²) in [5, 5.41) is 8.88. The van der Waals surface area contributed by atoms with Crippen LogP contribution in [0.5, 0.6) is 0 Å². The van der Waals surface area contributed by atoms with Crippen LogP contribution in [0.4, 0.5) is 5.82 Å².